The van der Waals surface area contributed by atoms with E-state index < -0.39 is 40.9 Å². The first-order valence-electron chi connectivity index (χ1n) is 10.3. The first-order chi connectivity index (χ1) is 15.6. The lowest BCUT2D eigenvalue weighted by molar-refractivity contribution is -0.148. The number of benzene rings is 2. The van der Waals surface area contributed by atoms with Crippen molar-refractivity contribution in [1.82, 2.24) is 0 Å². The van der Waals surface area contributed by atoms with Crippen LogP contribution in [0.25, 0.3) is 0 Å². The summed E-state index contributed by atoms with van der Waals surface area (Å²) < 4.78 is 9.76. The van der Waals surface area contributed by atoms with Crippen LogP contribution in [-0.4, -0.2) is 49.1 Å². The van der Waals surface area contributed by atoms with E-state index in [-0.39, 0.29) is 16.7 Å². The number of rotatable bonds is 8. The first-order valence-corrected chi connectivity index (χ1v) is 10.3. The van der Waals surface area contributed by atoms with Gasteiger partial charge in [-0.1, -0.05) is 60.7 Å². The number of carbonyl (C=O) groups is 4. The van der Waals surface area contributed by atoms with Gasteiger partial charge in [0.15, 0.2) is 11.6 Å². The quantitative estimate of drug-likeness (QED) is 0.200. The Hall–Kier alpha value is -3.83. The van der Waals surface area contributed by atoms with Crippen molar-refractivity contribution in [3.8, 4) is 0 Å². The summed E-state index contributed by atoms with van der Waals surface area (Å²) in [6.45, 7) is 5.30. The Morgan fingerprint density at radius 3 is 1.58 bits per heavy atom. The summed E-state index contributed by atoms with van der Waals surface area (Å²) >= 11 is 0. The summed E-state index contributed by atoms with van der Waals surface area (Å²) in [6.07, 6.45) is 0. The lowest BCUT2D eigenvalue weighted by Crippen LogP contribution is -2.40. The molecule has 0 amide bonds. The summed E-state index contributed by atoms with van der Waals surface area (Å²) in [7, 11) is 2.24. The van der Waals surface area contributed by atoms with Crippen LogP contribution < -0.4 is 0 Å². The molecule has 2 aromatic rings. The predicted molar refractivity (Wildman–Crippen MR) is 123 cm³/mol. The molecule has 0 fully saturated rings. The average Bonchev–Trinajstić information content (AvgIpc) is 2.82. The fraction of sp³-hybridized carbons (Fsp3) is 0.308. The van der Waals surface area contributed by atoms with Gasteiger partial charge in [-0.25, -0.2) is 9.79 Å². The van der Waals surface area contributed by atoms with Gasteiger partial charge in [0.2, 0.25) is 0 Å². The molecule has 7 heteroatoms. The summed E-state index contributed by atoms with van der Waals surface area (Å²) in [6, 6.07) is 16.1. The first kappa shape index (κ1) is 25.4. The maximum absolute atomic E-state index is 13.6. The molecule has 0 aliphatic carbocycles. The normalized spacial score (nSPS) is 11.7. The van der Waals surface area contributed by atoms with E-state index in [0.29, 0.717) is 0 Å². The molecule has 0 N–H and O–H groups in total. The molecule has 0 heterocycles. The fourth-order valence-corrected chi connectivity index (χ4v) is 3.11. The number of hydrogen-bond acceptors (Lipinski definition) is 7. The lowest BCUT2D eigenvalue weighted by Gasteiger charge is -2.24. The number of hydrogen-bond donors (Lipinski definition) is 0. The topological polar surface area (TPSA) is 99.1 Å². The van der Waals surface area contributed by atoms with Gasteiger partial charge in [0.1, 0.15) is 17.4 Å². The van der Waals surface area contributed by atoms with Crippen molar-refractivity contribution in [2.75, 3.05) is 14.2 Å². The minimum atomic E-state index is -1.62. The van der Waals surface area contributed by atoms with Crippen LogP contribution in [0.5, 0.6) is 0 Å². The van der Waals surface area contributed by atoms with E-state index in [0.717, 1.165) is 14.2 Å². The van der Waals surface area contributed by atoms with Gasteiger partial charge in [0, 0.05) is 11.1 Å². The smallest absolute Gasteiger partial charge is 0.344 e. The van der Waals surface area contributed by atoms with Crippen LogP contribution in [-0.2, 0) is 19.1 Å². The average molecular weight is 450 g/mol. The SMILES string of the molecule is COC(=O)C(=C=NC(C)(C)C)C(C(=O)OC)C(C(=O)c1ccccc1)C(=O)c1ccccc1. The molecule has 0 aromatic heterocycles. The predicted octanol–water partition coefficient (Wildman–Crippen LogP) is 3.73. The molecular weight excluding hydrogens is 422 g/mol. The Kier molecular flexibility index (Phi) is 8.60. The van der Waals surface area contributed by atoms with Gasteiger partial charge in [-0.3, -0.25) is 14.4 Å². The number of Topliss-reactive ketones (excluding diaryl/α,β-unsaturated/α-hetero) is 2. The highest BCUT2D eigenvalue weighted by atomic mass is 16.5. The zero-order valence-electron chi connectivity index (χ0n) is 19.3. The largest absolute Gasteiger partial charge is 0.468 e. The van der Waals surface area contributed by atoms with E-state index in [1.165, 1.54) is 24.3 Å². The number of methoxy groups -OCH3 is 2. The monoisotopic (exact) mass is 449 g/mol. The molecule has 0 aliphatic rings. The number of ketones is 2. The molecule has 2 aromatic carbocycles. The van der Waals surface area contributed by atoms with E-state index in [4.69, 9.17) is 9.47 Å². The zero-order chi connectivity index (χ0) is 24.6. The van der Waals surface area contributed by atoms with Crippen molar-refractivity contribution < 1.29 is 28.7 Å². The van der Waals surface area contributed by atoms with Crippen LogP contribution in [0.3, 0.4) is 0 Å². The van der Waals surface area contributed by atoms with Gasteiger partial charge < -0.3 is 9.47 Å². The minimum Gasteiger partial charge on any atom is -0.468 e. The summed E-state index contributed by atoms with van der Waals surface area (Å²) in [4.78, 5) is 57.0. The molecule has 0 saturated heterocycles. The highest BCUT2D eigenvalue weighted by Crippen LogP contribution is 2.29. The fourth-order valence-electron chi connectivity index (χ4n) is 3.11. The van der Waals surface area contributed by atoms with Crippen molar-refractivity contribution in [2.45, 2.75) is 26.3 Å². The number of nitrogens with zero attached hydrogens (tertiary/aromatic N) is 1. The van der Waals surface area contributed by atoms with Crippen molar-refractivity contribution in [3.05, 3.63) is 77.4 Å². The molecule has 2 rings (SSSR count). The van der Waals surface area contributed by atoms with Crippen LogP contribution in [0.1, 0.15) is 41.5 Å². The zero-order valence-corrected chi connectivity index (χ0v) is 19.3. The standard InChI is InChI=1S/C26H27NO6/c1-26(2,3)27-16-19(24(30)32-4)20(25(31)33-5)21(22(28)17-12-8-6-9-13-17)23(29)18-14-10-7-11-15-18/h6-15,20-21H,1-5H3. The van der Waals surface area contributed by atoms with Gasteiger partial charge in [-0.15, -0.1) is 0 Å². The second kappa shape index (κ2) is 11.2. The van der Waals surface area contributed by atoms with E-state index in [2.05, 4.69) is 10.9 Å². The number of aliphatic imine (C=N–C) groups is 1. The summed E-state index contributed by atoms with van der Waals surface area (Å²) in [5.74, 6) is -3.81. The Balaban J connectivity index is 2.81. The van der Waals surface area contributed by atoms with Crippen LogP contribution in [0.4, 0.5) is 0 Å². The van der Waals surface area contributed by atoms with Gasteiger partial charge in [-0.05, 0) is 26.6 Å². The number of carbonyl (C=O) groups excluding carboxylic acids is 4. The summed E-state index contributed by atoms with van der Waals surface area (Å²) in [5, 5.41) is 0. The molecule has 0 bridgehead atoms. The van der Waals surface area contributed by atoms with Crippen molar-refractivity contribution in [1.29, 1.82) is 0 Å². The molecular formula is C26H27NO6. The van der Waals surface area contributed by atoms with Crippen LogP contribution in [0, 0.1) is 11.8 Å². The molecule has 0 radical (unpaired) electrons. The second-order valence-electron chi connectivity index (χ2n) is 8.24. The maximum Gasteiger partial charge on any atom is 0.344 e. The molecule has 0 aliphatic heterocycles. The Labute approximate surface area is 193 Å². The molecule has 172 valence electrons. The van der Waals surface area contributed by atoms with E-state index in [9.17, 15) is 19.2 Å². The third-order valence-electron chi connectivity index (χ3n) is 4.70. The Morgan fingerprint density at radius 1 is 0.758 bits per heavy atom. The highest BCUT2D eigenvalue weighted by molar-refractivity contribution is 6.20. The van der Waals surface area contributed by atoms with E-state index in [1.54, 1.807) is 57.2 Å². The van der Waals surface area contributed by atoms with Crippen molar-refractivity contribution in [3.63, 3.8) is 0 Å². The third kappa shape index (κ3) is 6.57. The van der Waals surface area contributed by atoms with Crippen LogP contribution >= 0.6 is 0 Å². The maximum atomic E-state index is 13.6. The van der Waals surface area contributed by atoms with Gasteiger partial charge >= 0.3 is 11.9 Å². The summed E-state index contributed by atoms with van der Waals surface area (Å²) in [5.41, 5.74) is -0.601. The number of ether oxygens (including phenoxy) is 2. The molecule has 1 unspecified atom stereocenters. The van der Waals surface area contributed by atoms with Gasteiger partial charge in [0.25, 0.3) is 0 Å². The van der Waals surface area contributed by atoms with E-state index in [1.807, 2.05) is 0 Å². The number of esters is 2. The van der Waals surface area contributed by atoms with Crippen LogP contribution in [0.15, 0.2) is 71.2 Å². The van der Waals surface area contributed by atoms with Crippen molar-refractivity contribution in [2.24, 2.45) is 16.8 Å². The second-order valence-corrected chi connectivity index (χ2v) is 8.24. The third-order valence-corrected chi connectivity index (χ3v) is 4.70. The molecule has 0 saturated carbocycles. The lowest BCUT2D eigenvalue weighted by atomic mass is 9.76. The minimum absolute atomic E-state index is 0.206. The van der Waals surface area contributed by atoms with E-state index >= 15 is 0 Å². The Bertz CT molecular complexity index is 1030. The molecule has 33 heavy (non-hydrogen) atoms. The molecule has 0 spiro atoms. The molecule has 1 atom stereocenters. The Morgan fingerprint density at radius 2 is 1.21 bits per heavy atom. The highest BCUT2D eigenvalue weighted by Gasteiger charge is 2.45. The van der Waals surface area contributed by atoms with Crippen molar-refractivity contribution >= 4 is 29.4 Å². The van der Waals surface area contributed by atoms with Gasteiger partial charge in [0.05, 0.1) is 19.8 Å². The van der Waals surface area contributed by atoms with Crippen LogP contribution in [0.2, 0.25) is 0 Å². The van der Waals surface area contributed by atoms with Gasteiger partial charge in [-0.2, -0.15) is 0 Å². The molecule has 7 nitrogen and oxygen atoms in total.